The summed E-state index contributed by atoms with van der Waals surface area (Å²) in [5.41, 5.74) is 3.38. The van der Waals surface area contributed by atoms with Crippen LogP contribution in [0.3, 0.4) is 0 Å². The van der Waals surface area contributed by atoms with Crippen molar-refractivity contribution < 1.29 is 5.11 Å². The number of hydrazine groups is 1. The summed E-state index contributed by atoms with van der Waals surface area (Å²) >= 11 is 1.61. The van der Waals surface area contributed by atoms with E-state index in [2.05, 4.69) is 15.4 Å². The number of hydrogen-bond donors (Lipinski definition) is 3. The largest absolute Gasteiger partial charge is 0.395 e. The lowest BCUT2D eigenvalue weighted by Gasteiger charge is -2.08. The smallest absolute Gasteiger partial charge is 0.143 e. The molecule has 0 saturated heterocycles. The fourth-order valence-corrected chi connectivity index (χ4v) is 1.71. The van der Waals surface area contributed by atoms with E-state index in [1.54, 1.807) is 17.8 Å². The summed E-state index contributed by atoms with van der Waals surface area (Å²) in [6.07, 6.45) is 0. The van der Waals surface area contributed by atoms with Crippen molar-refractivity contribution >= 4 is 17.6 Å². The molecule has 0 saturated carbocycles. The molecule has 0 aromatic carbocycles. The first-order valence-electron chi connectivity index (χ1n) is 4.69. The van der Waals surface area contributed by atoms with Gasteiger partial charge in [0.15, 0.2) is 0 Å². The van der Waals surface area contributed by atoms with Gasteiger partial charge in [0, 0.05) is 17.0 Å². The molecule has 0 spiro atoms. The molecule has 0 bridgehead atoms. The highest BCUT2D eigenvalue weighted by Gasteiger charge is 2.05. The van der Waals surface area contributed by atoms with E-state index in [1.807, 2.05) is 13.8 Å². The molecule has 15 heavy (non-hydrogen) atoms. The maximum atomic E-state index is 8.87. The molecule has 1 unspecified atom stereocenters. The Labute approximate surface area is 93.5 Å². The van der Waals surface area contributed by atoms with E-state index in [0.717, 1.165) is 11.5 Å². The summed E-state index contributed by atoms with van der Waals surface area (Å²) < 4.78 is 0. The van der Waals surface area contributed by atoms with Gasteiger partial charge in [0.2, 0.25) is 0 Å². The van der Waals surface area contributed by atoms with Crippen molar-refractivity contribution in [3.8, 4) is 0 Å². The second-order valence-corrected chi connectivity index (χ2v) is 4.69. The lowest BCUT2D eigenvalue weighted by Crippen LogP contribution is -2.11. The summed E-state index contributed by atoms with van der Waals surface area (Å²) in [6.45, 7) is 4.02. The van der Waals surface area contributed by atoms with Crippen LogP contribution in [-0.4, -0.2) is 26.9 Å². The van der Waals surface area contributed by atoms with Crippen LogP contribution < -0.4 is 11.3 Å². The van der Waals surface area contributed by atoms with Crippen LogP contribution in [0.15, 0.2) is 6.07 Å². The van der Waals surface area contributed by atoms with Crippen LogP contribution in [0.2, 0.25) is 0 Å². The number of nitrogens with one attached hydrogen (secondary N) is 1. The number of nitrogens with zero attached hydrogens (tertiary/aromatic N) is 2. The number of nitrogens with two attached hydrogens (primary N) is 1. The molecule has 84 valence electrons. The molecule has 0 aliphatic heterocycles. The number of aliphatic hydroxyl groups excluding tert-OH is 1. The van der Waals surface area contributed by atoms with Gasteiger partial charge in [-0.1, -0.05) is 6.92 Å². The highest BCUT2D eigenvalue weighted by atomic mass is 32.2. The van der Waals surface area contributed by atoms with Crippen molar-refractivity contribution in [1.29, 1.82) is 0 Å². The molecule has 0 amide bonds. The molecular weight excluding hydrogens is 212 g/mol. The average molecular weight is 228 g/mol. The highest BCUT2D eigenvalue weighted by Crippen LogP contribution is 2.16. The first-order chi connectivity index (χ1) is 7.15. The third-order valence-electron chi connectivity index (χ3n) is 1.80. The Bertz CT molecular complexity index is 321. The molecule has 4 N–H and O–H groups in total. The minimum absolute atomic E-state index is 0.165. The molecule has 0 aliphatic carbocycles. The third kappa shape index (κ3) is 4.03. The first kappa shape index (κ1) is 12.2. The lowest BCUT2D eigenvalue weighted by atomic mass is 10.4. The minimum atomic E-state index is 0.165. The van der Waals surface area contributed by atoms with Gasteiger partial charge in [0.1, 0.15) is 11.6 Å². The molecule has 1 heterocycles. The Morgan fingerprint density at radius 1 is 1.60 bits per heavy atom. The molecular formula is C9H16N4OS. The summed E-state index contributed by atoms with van der Waals surface area (Å²) in [5, 5.41) is 9.07. The van der Waals surface area contributed by atoms with Gasteiger partial charge in [-0.2, -0.15) is 0 Å². The van der Waals surface area contributed by atoms with E-state index < -0.39 is 0 Å². The average Bonchev–Trinajstić information content (AvgIpc) is 2.25. The highest BCUT2D eigenvalue weighted by molar-refractivity contribution is 7.99. The van der Waals surface area contributed by atoms with Gasteiger partial charge >= 0.3 is 0 Å². The Morgan fingerprint density at radius 2 is 2.33 bits per heavy atom. The van der Waals surface area contributed by atoms with Crippen LogP contribution in [0.25, 0.3) is 0 Å². The zero-order valence-electron chi connectivity index (χ0n) is 8.90. The van der Waals surface area contributed by atoms with Crippen molar-refractivity contribution in [2.45, 2.75) is 24.9 Å². The first-order valence-corrected chi connectivity index (χ1v) is 5.74. The van der Waals surface area contributed by atoms with E-state index in [1.165, 1.54) is 0 Å². The van der Waals surface area contributed by atoms with Gasteiger partial charge < -0.3 is 10.5 Å². The molecule has 1 aromatic heterocycles. The monoisotopic (exact) mass is 228 g/mol. The van der Waals surface area contributed by atoms with Crippen molar-refractivity contribution in [3.63, 3.8) is 0 Å². The fraction of sp³-hybridized carbons (Fsp3) is 0.556. The van der Waals surface area contributed by atoms with Crippen LogP contribution in [0, 0.1) is 6.92 Å². The maximum absolute atomic E-state index is 8.87. The Kier molecular flexibility index (Phi) is 4.80. The van der Waals surface area contributed by atoms with E-state index in [9.17, 15) is 0 Å². The number of rotatable bonds is 5. The van der Waals surface area contributed by atoms with Crippen LogP contribution >= 0.6 is 11.8 Å². The minimum Gasteiger partial charge on any atom is -0.395 e. The summed E-state index contributed by atoms with van der Waals surface area (Å²) in [5.74, 6) is 7.31. The standard InChI is InChI=1S/C9H16N4OS/c1-6-3-8(13-10)12-9(11-6)5-15-7(2)4-14/h3,7,14H,4-5,10H2,1-2H3,(H,11,12,13). The van der Waals surface area contributed by atoms with E-state index in [-0.39, 0.29) is 11.9 Å². The van der Waals surface area contributed by atoms with Gasteiger partial charge in [0.25, 0.3) is 0 Å². The van der Waals surface area contributed by atoms with E-state index in [4.69, 9.17) is 10.9 Å². The summed E-state index contributed by atoms with van der Waals surface area (Å²) in [7, 11) is 0. The Morgan fingerprint density at radius 3 is 2.93 bits per heavy atom. The molecule has 1 aromatic rings. The quantitative estimate of drug-likeness (QED) is 0.508. The normalized spacial score (nSPS) is 12.5. The predicted molar refractivity (Wildman–Crippen MR) is 62.4 cm³/mol. The molecule has 0 fully saturated rings. The summed E-state index contributed by atoms with van der Waals surface area (Å²) in [6, 6.07) is 1.78. The van der Waals surface area contributed by atoms with Gasteiger partial charge in [-0.25, -0.2) is 15.8 Å². The number of nitrogen functional groups attached to an aromatic ring is 1. The molecule has 6 heteroatoms. The molecule has 5 nitrogen and oxygen atoms in total. The molecule has 1 atom stereocenters. The Balaban J connectivity index is 2.64. The van der Waals surface area contributed by atoms with Crippen molar-refractivity contribution in [3.05, 3.63) is 17.6 Å². The van der Waals surface area contributed by atoms with Gasteiger partial charge in [-0.05, 0) is 6.92 Å². The number of aliphatic hydroxyl groups is 1. The van der Waals surface area contributed by atoms with Crippen LogP contribution in [-0.2, 0) is 5.75 Å². The zero-order valence-corrected chi connectivity index (χ0v) is 9.71. The third-order valence-corrected chi connectivity index (χ3v) is 2.95. The van der Waals surface area contributed by atoms with Crippen LogP contribution in [0.5, 0.6) is 0 Å². The van der Waals surface area contributed by atoms with Crippen LogP contribution in [0.4, 0.5) is 5.82 Å². The van der Waals surface area contributed by atoms with E-state index in [0.29, 0.717) is 11.6 Å². The Hall–Kier alpha value is -0.850. The maximum Gasteiger partial charge on any atom is 0.143 e. The number of anilines is 1. The number of thioether (sulfide) groups is 1. The van der Waals surface area contributed by atoms with Gasteiger partial charge in [-0.3, -0.25) is 0 Å². The van der Waals surface area contributed by atoms with Crippen LogP contribution in [0.1, 0.15) is 18.4 Å². The fourth-order valence-electron chi connectivity index (χ4n) is 1.04. The SMILES string of the molecule is Cc1cc(NN)nc(CSC(C)CO)n1. The number of hydrogen-bond acceptors (Lipinski definition) is 6. The lowest BCUT2D eigenvalue weighted by molar-refractivity contribution is 0.300. The molecule has 1 rings (SSSR count). The van der Waals surface area contributed by atoms with E-state index >= 15 is 0 Å². The number of aromatic nitrogens is 2. The van der Waals surface area contributed by atoms with Gasteiger partial charge in [0.05, 0.1) is 12.4 Å². The molecule has 0 aliphatic rings. The molecule has 0 radical (unpaired) electrons. The zero-order chi connectivity index (χ0) is 11.3. The topological polar surface area (TPSA) is 84.1 Å². The number of aryl methyl sites for hydroxylation is 1. The van der Waals surface area contributed by atoms with Crippen molar-refractivity contribution in [2.75, 3.05) is 12.0 Å². The van der Waals surface area contributed by atoms with Crippen molar-refractivity contribution in [2.24, 2.45) is 5.84 Å². The summed E-state index contributed by atoms with van der Waals surface area (Å²) in [4.78, 5) is 8.49. The van der Waals surface area contributed by atoms with Gasteiger partial charge in [-0.15, -0.1) is 11.8 Å². The second-order valence-electron chi connectivity index (χ2n) is 3.26. The van der Waals surface area contributed by atoms with Crippen molar-refractivity contribution in [1.82, 2.24) is 9.97 Å². The second kappa shape index (κ2) is 5.89. The predicted octanol–water partition coefficient (Wildman–Crippen LogP) is 0.685.